The Morgan fingerprint density at radius 1 is 0.900 bits per heavy atom. The van der Waals surface area contributed by atoms with Gasteiger partial charge in [-0.3, -0.25) is 0 Å². The number of nitrogens with one attached hydrogen (secondary N) is 1. The third-order valence-electron chi connectivity index (χ3n) is 5.31. The van der Waals surface area contributed by atoms with E-state index in [9.17, 15) is 16.8 Å². The van der Waals surface area contributed by atoms with E-state index in [1.165, 1.54) is 28.6 Å². The minimum atomic E-state index is -3.81. The highest BCUT2D eigenvalue weighted by Crippen LogP contribution is 2.25. The molecule has 7 nitrogen and oxygen atoms in total. The Kier molecular flexibility index (Phi) is 7.18. The first kappa shape index (κ1) is 22.7. The summed E-state index contributed by atoms with van der Waals surface area (Å²) in [7, 11) is -5.83. The van der Waals surface area contributed by atoms with Gasteiger partial charge in [-0.25, -0.2) is 21.6 Å². The van der Waals surface area contributed by atoms with E-state index in [1.54, 1.807) is 19.2 Å². The van der Waals surface area contributed by atoms with Gasteiger partial charge >= 0.3 is 0 Å². The maximum atomic E-state index is 12.9. The summed E-state index contributed by atoms with van der Waals surface area (Å²) in [6.45, 7) is 2.90. The molecular weight excluding hydrogens is 424 g/mol. The van der Waals surface area contributed by atoms with E-state index in [2.05, 4.69) is 4.72 Å². The average molecular weight is 453 g/mol. The molecule has 1 aliphatic heterocycles. The second-order valence-electron chi connectivity index (χ2n) is 7.29. The number of sulfonamides is 2. The van der Waals surface area contributed by atoms with E-state index in [-0.39, 0.29) is 9.79 Å². The van der Waals surface area contributed by atoms with E-state index in [1.807, 2.05) is 19.1 Å². The Hall–Kier alpha value is -1.94. The molecule has 1 N–H and O–H groups in total. The summed E-state index contributed by atoms with van der Waals surface area (Å²) in [6, 6.07) is 12.2. The average Bonchev–Trinajstić information content (AvgIpc) is 2.78. The molecule has 2 aromatic carbocycles. The van der Waals surface area contributed by atoms with Crippen LogP contribution >= 0.6 is 0 Å². The van der Waals surface area contributed by atoms with Crippen molar-refractivity contribution in [3.05, 3.63) is 54.1 Å². The molecule has 1 aliphatic rings. The quantitative estimate of drug-likeness (QED) is 0.663. The summed E-state index contributed by atoms with van der Waals surface area (Å²) in [4.78, 5) is 0.151. The zero-order chi connectivity index (χ0) is 21.8. The van der Waals surface area contributed by atoms with Gasteiger partial charge in [-0.1, -0.05) is 25.5 Å². The topological polar surface area (TPSA) is 92.8 Å². The van der Waals surface area contributed by atoms with E-state index >= 15 is 0 Å². The number of ether oxygens (including phenoxy) is 1. The van der Waals surface area contributed by atoms with Crippen LogP contribution in [0.5, 0.6) is 5.75 Å². The van der Waals surface area contributed by atoms with Crippen LogP contribution in [0.4, 0.5) is 0 Å². The van der Waals surface area contributed by atoms with Crippen LogP contribution in [-0.2, 0) is 20.0 Å². The van der Waals surface area contributed by atoms with Crippen molar-refractivity contribution >= 4 is 20.0 Å². The Morgan fingerprint density at radius 2 is 1.47 bits per heavy atom. The first-order chi connectivity index (χ1) is 14.3. The van der Waals surface area contributed by atoms with Crippen molar-refractivity contribution in [2.75, 3.05) is 20.2 Å². The lowest BCUT2D eigenvalue weighted by Crippen LogP contribution is -2.35. The Morgan fingerprint density at radius 3 is 2.00 bits per heavy atom. The fourth-order valence-electron chi connectivity index (χ4n) is 3.52. The van der Waals surface area contributed by atoms with Crippen LogP contribution in [0.3, 0.4) is 0 Å². The molecule has 3 rings (SSSR count). The van der Waals surface area contributed by atoms with E-state index < -0.39 is 26.1 Å². The standard InChI is InChI=1S/C21H28N2O5S2/c1-3-21(17-7-9-18(28-2)10-8-17)22-29(24,25)19-11-13-20(14-12-19)30(26,27)23-15-5-4-6-16-23/h7-14,21-22H,3-6,15-16H2,1-2H3. The molecule has 1 unspecified atom stereocenters. The second kappa shape index (κ2) is 9.47. The third-order valence-corrected chi connectivity index (χ3v) is 8.71. The minimum Gasteiger partial charge on any atom is -0.497 e. The smallest absolute Gasteiger partial charge is 0.243 e. The molecule has 0 spiro atoms. The summed E-state index contributed by atoms with van der Waals surface area (Å²) in [5, 5.41) is 0. The summed E-state index contributed by atoms with van der Waals surface area (Å²) < 4.78 is 60.6. The largest absolute Gasteiger partial charge is 0.497 e. The van der Waals surface area contributed by atoms with Gasteiger partial charge in [0, 0.05) is 19.1 Å². The lowest BCUT2D eigenvalue weighted by Gasteiger charge is -2.26. The molecule has 1 heterocycles. The zero-order valence-corrected chi connectivity index (χ0v) is 18.9. The molecule has 0 aromatic heterocycles. The van der Waals surface area contributed by atoms with Gasteiger partial charge in [0.25, 0.3) is 0 Å². The molecule has 0 radical (unpaired) electrons. The van der Waals surface area contributed by atoms with Crippen LogP contribution in [0, 0.1) is 0 Å². The number of hydrogen-bond acceptors (Lipinski definition) is 5. The molecule has 0 saturated carbocycles. The molecule has 9 heteroatoms. The summed E-state index contributed by atoms with van der Waals surface area (Å²) >= 11 is 0. The molecule has 1 atom stereocenters. The van der Waals surface area contributed by atoms with Gasteiger partial charge in [-0.15, -0.1) is 0 Å². The molecule has 0 bridgehead atoms. The van der Waals surface area contributed by atoms with Crippen molar-refractivity contribution in [2.24, 2.45) is 0 Å². The summed E-state index contributed by atoms with van der Waals surface area (Å²) in [6.07, 6.45) is 3.29. The molecule has 30 heavy (non-hydrogen) atoms. The van der Waals surface area contributed by atoms with Crippen LogP contribution in [0.1, 0.15) is 44.2 Å². The first-order valence-electron chi connectivity index (χ1n) is 10.0. The van der Waals surface area contributed by atoms with Crippen molar-refractivity contribution in [1.29, 1.82) is 0 Å². The molecule has 1 fully saturated rings. The van der Waals surface area contributed by atoms with Crippen LogP contribution in [0.15, 0.2) is 58.3 Å². The SMILES string of the molecule is CCC(NS(=O)(=O)c1ccc(S(=O)(=O)N2CCCCC2)cc1)c1ccc(OC)cc1. The van der Waals surface area contributed by atoms with Crippen molar-refractivity contribution in [3.63, 3.8) is 0 Å². The number of hydrogen-bond donors (Lipinski definition) is 1. The Bertz CT molecular complexity index is 1040. The van der Waals surface area contributed by atoms with Crippen molar-refractivity contribution in [3.8, 4) is 5.75 Å². The Balaban J connectivity index is 1.78. The third kappa shape index (κ3) is 5.03. The second-order valence-corrected chi connectivity index (χ2v) is 10.9. The highest BCUT2D eigenvalue weighted by atomic mass is 32.2. The van der Waals surface area contributed by atoms with Gasteiger partial charge in [0.05, 0.1) is 16.9 Å². The molecule has 0 aliphatic carbocycles. The number of nitrogens with zero attached hydrogens (tertiary/aromatic N) is 1. The fourth-order valence-corrected chi connectivity index (χ4v) is 6.35. The minimum absolute atomic E-state index is 0.0343. The summed E-state index contributed by atoms with van der Waals surface area (Å²) in [5.74, 6) is 0.696. The van der Waals surface area contributed by atoms with Crippen molar-refractivity contribution in [1.82, 2.24) is 9.03 Å². The van der Waals surface area contributed by atoms with Crippen molar-refractivity contribution < 1.29 is 21.6 Å². The number of piperidine rings is 1. The van der Waals surface area contributed by atoms with Gasteiger partial charge < -0.3 is 4.74 Å². The maximum Gasteiger partial charge on any atom is 0.243 e. The van der Waals surface area contributed by atoms with Gasteiger partial charge in [-0.2, -0.15) is 4.31 Å². The number of benzene rings is 2. The fraction of sp³-hybridized carbons (Fsp3) is 0.429. The lowest BCUT2D eigenvalue weighted by molar-refractivity contribution is 0.346. The first-order valence-corrected chi connectivity index (χ1v) is 13.0. The van der Waals surface area contributed by atoms with E-state index in [0.717, 1.165) is 24.8 Å². The van der Waals surface area contributed by atoms with E-state index in [0.29, 0.717) is 25.3 Å². The number of rotatable bonds is 8. The van der Waals surface area contributed by atoms with Crippen molar-refractivity contribution in [2.45, 2.75) is 48.4 Å². The zero-order valence-electron chi connectivity index (χ0n) is 17.2. The molecule has 0 amide bonds. The highest BCUT2D eigenvalue weighted by molar-refractivity contribution is 7.89. The van der Waals surface area contributed by atoms with Gasteiger partial charge in [0.15, 0.2) is 0 Å². The highest BCUT2D eigenvalue weighted by Gasteiger charge is 2.27. The number of methoxy groups -OCH3 is 1. The van der Waals surface area contributed by atoms with Crippen LogP contribution in [0.2, 0.25) is 0 Å². The molecule has 164 valence electrons. The predicted octanol–water partition coefficient (Wildman–Crippen LogP) is 3.30. The van der Waals surface area contributed by atoms with E-state index in [4.69, 9.17) is 4.74 Å². The Labute approximate surface area is 179 Å². The molecule has 1 saturated heterocycles. The summed E-state index contributed by atoms with van der Waals surface area (Å²) in [5.41, 5.74) is 0.825. The van der Waals surface area contributed by atoms with Gasteiger partial charge in [0.2, 0.25) is 20.0 Å². The van der Waals surface area contributed by atoms with Gasteiger partial charge in [0.1, 0.15) is 5.75 Å². The van der Waals surface area contributed by atoms with Crippen LogP contribution in [-0.4, -0.2) is 41.3 Å². The molecular formula is C21H28N2O5S2. The monoisotopic (exact) mass is 452 g/mol. The van der Waals surface area contributed by atoms with Crippen LogP contribution < -0.4 is 9.46 Å². The molecule has 2 aromatic rings. The lowest BCUT2D eigenvalue weighted by atomic mass is 10.1. The predicted molar refractivity (Wildman–Crippen MR) is 115 cm³/mol. The van der Waals surface area contributed by atoms with Crippen LogP contribution in [0.25, 0.3) is 0 Å². The van der Waals surface area contributed by atoms with Gasteiger partial charge in [-0.05, 0) is 61.2 Å². The maximum absolute atomic E-state index is 12.9. The normalized spacial score (nSPS) is 16.9.